The van der Waals surface area contributed by atoms with Gasteiger partial charge in [0.15, 0.2) is 37.7 Å². The minimum absolute atomic E-state index is 0.367. The molecule has 92 heavy (non-hydrogen) atoms. The monoisotopic (exact) mass is 1340 g/mol. The van der Waals surface area contributed by atoms with E-state index >= 15 is 0 Å². The summed E-state index contributed by atoms with van der Waals surface area (Å²) in [6.07, 6.45) is -55.6. The van der Waals surface area contributed by atoms with Gasteiger partial charge in [0.2, 0.25) is 23.6 Å². The van der Waals surface area contributed by atoms with Crippen LogP contribution in [0.4, 0.5) is 0 Å². The normalized spacial score (nSPS) is 46.8. The molecule has 0 aromatic heterocycles. The molecular formula is C53H90N4O35. The van der Waals surface area contributed by atoms with Gasteiger partial charge >= 0.3 is 0 Å². The van der Waals surface area contributed by atoms with Crippen molar-refractivity contribution in [2.45, 2.75) is 249 Å². The molecule has 7 rings (SSSR count). The topological polar surface area (TPSA) is 601 Å². The Balaban J connectivity index is 1.22. The molecule has 0 saturated carbocycles. The largest absolute Gasteiger partial charge is 0.394 e. The van der Waals surface area contributed by atoms with Crippen molar-refractivity contribution in [3.05, 3.63) is 0 Å². The smallest absolute Gasteiger partial charge is 0.217 e. The Hall–Kier alpha value is -3.36. The Bertz CT molecular complexity index is 2350. The third-order valence-corrected chi connectivity index (χ3v) is 17.0. The van der Waals surface area contributed by atoms with Gasteiger partial charge < -0.3 is 175 Å². The van der Waals surface area contributed by atoms with E-state index in [1.165, 1.54) is 6.92 Å². The predicted octanol–water partition coefficient (Wildman–Crippen LogP) is -14.0. The van der Waals surface area contributed by atoms with Gasteiger partial charge in [0, 0.05) is 33.6 Å². The number of ether oxygens (including phenoxy) is 13. The van der Waals surface area contributed by atoms with Gasteiger partial charge in [0.25, 0.3) is 0 Å². The van der Waals surface area contributed by atoms with Crippen molar-refractivity contribution in [2.75, 3.05) is 52.9 Å². The molecule has 0 spiro atoms. The van der Waals surface area contributed by atoms with Crippen molar-refractivity contribution >= 4 is 23.6 Å². The van der Waals surface area contributed by atoms with Crippen molar-refractivity contribution in [3.63, 3.8) is 0 Å². The van der Waals surface area contributed by atoms with Crippen LogP contribution in [0.15, 0.2) is 0 Å². The standard InChI is InChI=1S/C53H90N4O35/c1-15-28(54-16(2)64)40(76)44(25(12-62)82-15)89-51-31(57-19(5)67)41(77)45(26(13-63)87-51)90-52-43(79)46(91-53-47(42(78)36(72)24(11-61)86-53)92-50-30(56-18(4)66)39(75)35(71)23(10-60)85-50)37(73)27(88-52)14-81-48-20(32(68)33(69)21(8-58)83-48)6-7-80-49-29(55-17(3)65)38(74)34(70)22(9-59)84-49/h15,20-53,58-63,68-79H,6-14H2,1-5H3,(H,54,64)(H,55,65)(H,56,66)(H,57,67)/t15-,20?,21?,22-,23?,24?,25?,26?,27?,28?,29?,30?,31?,32+,33+,34+,35+,36+,37+,38?,39+,40+,41+,42?,43?,44+,45+,46-,47?,48-,49+,50-,51-,52-,53+/m0/s1. The van der Waals surface area contributed by atoms with E-state index in [-0.39, 0.29) is 6.42 Å². The summed E-state index contributed by atoms with van der Waals surface area (Å²) in [6, 6.07) is -6.02. The summed E-state index contributed by atoms with van der Waals surface area (Å²) >= 11 is 0. The second kappa shape index (κ2) is 33.7. The summed E-state index contributed by atoms with van der Waals surface area (Å²) in [7, 11) is 0. The number of aliphatic hydroxyl groups excluding tert-OH is 18. The van der Waals surface area contributed by atoms with E-state index in [4.69, 9.17) is 61.6 Å². The van der Waals surface area contributed by atoms with E-state index in [0.717, 1.165) is 27.7 Å². The number of aliphatic hydroxyl groups is 18. The zero-order chi connectivity index (χ0) is 67.9. The van der Waals surface area contributed by atoms with Crippen LogP contribution in [0.5, 0.6) is 0 Å². The van der Waals surface area contributed by atoms with Gasteiger partial charge in [-0.2, -0.15) is 0 Å². The van der Waals surface area contributed by atoms with Gasteiger partial charge in [-0.05, 0) is 13.3 Å². The summed E-state index contributed by atoms with van der Waals surface area (Å²) in [4.78, 5) is 49.5. The van der Waals surface area contributed by atoms with Gasteiger partial charge in [-0.25, -0.2) is 0 Å². The fourth-order valence-electron chi connectivity index (χ4n) is 12.2. The van der Waals surface area contributed by atoms with E-state index in [0.29, 0.717) is 0 Å². The van der Waals surface area contributed by atoms with Crippen molar-refractivity contribution < 1.29 is 173 Å². The van der Waals surface area contributed by atoms with E-state index in [1.807, 2.05) is 0 Å². The molecule has 39 nitrogen and oxygen atoms in total. The van der Waals surface area contributed by atoms with Crippen LogP contribution in [0.2, 0.25) is 0 Å². The molecule has 0 aromatic rings. The SMILES string of the molecule is CC(=O)NC1C(O)[C@H](O)[C@H](CO)O[C@H]1OCCC1[C@@H](OCC2O[C@@H](O[C@@H]3C(CO)O[C@@H](O[C@@H]4C(CO)O[C@@H](C)C(NC(C)=O)[C@H]4O)C(NC(C)=O)[C@H]3O)C(O)[C@@H](O[C@H]3OC(CO)[C@@H](O)C(O)C3O[C@@H]3OC(CO)[C@@H](O)[C@H](O)C3NC(C)=O)[C@@H]2O)OC(CO)[C@@H](O)[C@@H]1O. The zero-order valence-corrected chi connectivity index (χ0v) is 50.6. The third kappa shape index (κ3) is 17.3. The fourth-order valence-corrected chi connectivity index (χ4v) is 12.2. The van der Waals surface area contributed by atoms with Crippen LogP contribution in [-0.4, -0.2) is 377 Å². The molecule has 532 valence electrons. The lowest BCUT2D eigenvalue weighted by atomic mass is 9.88. The Kier molecular flexibility index (Phi) is 27.9. The molecule has 4 amide bonds. The van der Waals surface area contributed by atoms with Crippen LogP contribution in [0.1, 0.15) is 41.0 Å². The first-order valence-corrected chi connectivity index (χ1v) is 29.9. The number of hydrogen-bond donors (Lipinski definition) is 22. The maximum atomic E-state index is 12.9. The first-order valence-electron chi connectivity index (χ1n) is 29.9. The van der Waals surface area contributed by atoms with E-state index in [2.05, 4.69) is 21.3 Å². The van der Waals surface area contributed by atoms with E-state index < -0.39 is 291 Å². The number of carbonyl (C=O) groups excluding carboxylic acids is 4. The second-order valence-electron chi connectivity index (χ2n) is 23.6. The molecule has 35 atom stereocenters. The van der Waals surface area contributed by atoms with Crippen LogP contribution in [0.3, 0.4) is 0 Å². The minimum Gasteiger partial charge on any atom is -0.394 e. The van der Waals surface area contributed by atoms with Crippen molar-refractivity contribution in [1.29, 1.82) is 0 Å². The Morgan fingerprint density at radius 1 is 0.326 bits per heavy atom. The van der Waals surface area contributed by atoms with Crippen LogP contribution >= 0.6 is 0 Å². The molecule has 0 aliphatic carbocycles. The molecular weight excluding hydrogens is 1250 g/mol. The molecule has 7 fully saturated rings. The van der Waals surface area contributed by atoms with Gasteiger partial charge in [0.05, 0.1) is 71.1 Å². The minimum atomic E-state index is -2.39. The summed E-state index contributed by atoms with van der Waals surface area (Å²) in [5.41, 5.74) is 0. The van der Waals surface area contributed by atoms with Gasteiger partial charge in [-0.1, -0.05) is 0 Å². The Labute approximate surface area is 524 Å². The maximum Gasteiger partial charge on any atom is 0.217 e. The summed E-state index contributed by atoms with van der Waals surface area (Å²) in [5, 5.41) is 208. The number of rotatable bonds is 25. The highest BCUT2D eigenvalue weighted by molar-refractivity contribution is 5.74. The second-order valence-corrected chi connectivity index (χ2v) is 23.6. The van der Waals surface area contributed by atoms with Crippen molar-refractivity contribution in [2.24, 2.45) is 5.92 Å². The molecule has 0 aromatic carbocycles. The molecule has 7 saturated heterocycles. The first-order chi connectivity index (χ1) is 43.5. The number of amides is 4. The molecule has 15 unspecified atom stereocenters. The number of nitrogens with one attached hydrogen (secondary N) is 4. The van der Waals surface area contributed by atoms with E-state index in [1.54, 1.807) is 0 Å². The van der Waals surface area contributed by atoms with Gasteiger partial charge in [-0.15, -0.1) is 0 Å². The highest BCUT2D eigenvalue weighted by atomic mass is 16.8. The quantitative estimate of drug-likeness (QED) is 0.0404. The lowest BCUT2D eigenvalue weighted by molar-refractivity contribution is -0.393. The Morgan fingerprint density at radius 3 is 1.18 bits per heavy atom. The average Bonchev–Trinajstić information content (AvgIpc) is 0.799. The molecule has 22 N–H and O–H groups in total. The van der Waals surface area contributed by atoms with Crippen molar-refractivity contribution in [3.8, 4) is 0 Å². The van der Waals surface area contributed by atoms with Crippen LogP contribution < -0.4 is 21.3 Å². The molecule has 0 bridgehead atoms. The van der Waals surface area contributed by atoms with Crippen molar-refractivity contribution in [1.82, 2.24) is 21.3 Å². The average molecular weight is 1340 g/mol. The molecule has 7 aliphatic heterocycles. The number of hydrogen-bond acceptors (Lipinski definition) is 35. The van der Waals surface area contributed by atoms with E-state index in [9.17, 15) is 111 Å². The van der Waals surface area contributed by atoms with Crippen LogP contribution in [0, 0.1) is 5.92 Å². The van der Waals surface area contributed by atoms with Crippen LogP contribution in [0.25, 0.3) is 0 Å². The number of carbonyl (C=O) groups is 4. The lowest BCUT2D eigenvalue weighted by Gasteiger charge is -2.51. The maximum absolute atomic E-state index is 12.9. The Morgan fingerprint density at radius 2 is 0.685 bits per heavy atom. The fraction of sp³-hybridized carbons (Fsp3) is 0.925. The highest BCUT2D eigenvalue weighted by Crippen LogP contribution is 2.38. The predicted molar refractivity (Wildman–Crippen MR) is 291 cm³/mol. The highest BCUT2D eigenvalue weighted by Gasteiger charge is 2.58. The molecule has 7 aliphatic rings. The van der Waals surface area contributed by atoms with Crippen LogP contribution in [-0.2, 0) is 80.8 Å². The summed E-state index contributed by atoms with van der Waals surface area (Å²) in [5.74, 6) is -4.30. The summed E-state index contributed by atoms with van der Waals surface area (Å²) in [6.45, 7) is -1.22. The van der Waals surface area contributed by atoms with Gasteiger partial charge in [-0.3, -0.25) is 19.2 Å². The summed E-state index contributed by atoms with van der Waals surface area (Å²) < 4.78 is 77.6. The molecule has 0 radical (unpaired) electrons. The lowest BCUT2D eigenvalue weighted by Crippen LogP contribution is -2.70. The van der Waals surface area contributed by atoms with Gasteiger partial charge in [0.1, 0.15) is 152 Å². The molecule has 7 heterocycles. The molecule has 39 heteroatoms. The zero-order valence-electron chi connectivity index (χ0n) is 50.6. The third-order valence-electron chi connectivity index (χ3n) is 17.0. The first kappa shape index (κ1) is 76.0.